The van der Waals surface area contributed by atoms with Crippen molar-refractivity contribution < 1.29 is 9.53 Å². The van der Waals surface area contributed by atoms with Crippen LogP contribution in [0.5, 0.6) is 5.88 Å². The first kappa shape index (κ1) is 17.2. The molecule has 9 nitrogen and oxygen atoms in total. The van der Waals surface area contributed by atoms with Gasteiger partial charge >= 0.3 is 6.09 Å². The first-order chi connectivity index (χ1) is 12.5. The van der Waals surface area contributed by atoms with Gasteiger partial charge in [-0.1, -0.05) is 11.3 Å². The van der Waals surface area contributed by atoms with Gasteiger partial charge in [-0.2, -0.15) is 5.26 Å². The normalized spacial score (nSPS) is 10.0. The fraction of sp³-hybridized carbons (Fsp3) is 0.125. The van der Waals surface area contributed by atoms with Gasteiger partial charge in [-0.15, -0.1) is 0 Å². The van der Waals surface area contributed by atoms with Gasteiger partial charge in [-0.25, -0.2) is 19.7 Å². The van der Waals surface area contributed by atoms with E-state index in [2.05, 4.69) is 30.6 Å². The maximum Gasteiger partial charge on any atom is 0.420 e. The Hall–Kier alpha value is -3.58. The lowest BCUT2D eigenvalue weighted by atomic mass is 10.3. The number of thiazole rings is 1. The number of rotatable bonds is 4. The smallest absolute Gasteiger partial charge is 0.388 e. The van der Waals surface area contributed by atoms with Crippen LogP contribution in [0, 0.1) is 25.2 Å². The molecule has 130 valence electrons. The van der Waals surface area contributed by atoms with Crippen LogP contribution in [0.25, 0.3) is 0 Å². The standard InChI is InChI=1S/C16H13N7O2S/c1-9-3-4-19-15(20-9)23-16(24)25-13-14(26-10(2)21-13)22-12-5-11(6-17)7-18-8-12/h3-5,7-8,22H,1-2H3,(H,19,20,23,24). The average Bonchev–Trinajstić information content (AvgIpc) is 2.93. The number of anilines is 3. The number of carbonyl (C=O) groups excluding carboxylic acids is 1. The zero-order chi connectivity index (χ0) is 18.5. The van der Waals surface area contributed by atoms with E-state index in [1.165, 1.54) is 23.7 Å². The lowest BCUT2D eigenvalue weighted by Crippen LogP contribution is -2.19. The fourth-order valence-electron chi connectivity index (χ4n) is 1.97. The average molecular weight is 367 g/mol. The summed E-state index contributed by atoms with van der Waals surface area (Å²) in [6, 6.07) is 5.36. The minimum absolute atomic E-state index is 0.111. The number of aromatic nitrogens is 4. The minimum Gasteiger partial charge on any atom is -0.388 e. The molecule has 3 aromatic rings. The lowest BCUT2D eigenvalue weighted by molar-refractivity contribution is 0.213. The van der Waals surface area contributed by atoms with E-state index in [9.17, 15) is 4.79 Å². The Balaban J connectivity index is 1.74. The Morgan fingerprint density at radius 2 is 2.15 bits per heavy atom. The zero-order valence-corrected chi connectivity index (χ0v) is 14.7. The van der Waals surface area contributed by atoms with Crippen molar-refractivity contribution in [1.82, 2.24) is 19.9 Å². The molecule has 0 spiro atoms. The number of pyridine rings is 1. The highest BCUT2D eigenvalue weighted by Crippen LogP contribution is 2.33. The Bertz CT molecular complexity index is 996. The molecule has 0 unspecified atom stereocenters. The maximum atomic E-state index is 12.1. The predicted octanol–water partition coefficient (Wildman–Crippen LogP) is 3.17. The van der Waals surface area contributed by atoms with Crippen molar-refractivity contribution in [3.05, 3.63) is 47.0 Å². The first-order valence-corrected chi connectivity index (χ1v) is 8.23. The van der Waals surface area contributed by atoms with Gasteiger partial charge in [0.05, 0.1) is 22.5 Å². The number of ether oxygens (including phenoxy) is 1. The van der Waals surface area contributed by atoms with Gasteiger partial charge in [0.1, 0.15) is 6.07 Å². The Morgan fingerprint density at radius 3 is 2.92 bits per heavy atom. The molecular formula is C16H13N7O2S. The highest BCUT2D eigenvalue weighted by Gasteiger charge is 2.16. The molecule has 3 heterocycles. The van der Waals surface area contributed by atoms with Crippen molar-refractivity contribution in [3.63, 3.8) is 0 Å². The summed E-state index contributed by atoms with van der Waals surface area (Å²) in [6.45, 7) is 3.57. The molecule has 0 aliphatic heterocycles. The summed E-state index contributed by atoms with van der Waals surface area (Å²) in [5.74, 6) is 0.252. The van der Waals surface area contributed by atoms with Gasteiger partial charge < -0.3 is 10.1 Å². The molecule has 0 fully saturated rings. The second-order valence-corrected chi connectivity index (χ2v) is 6.31. The molecule has 0 aliphatic carbocycles. The van der Waals surface area contributed by atoms with Crippen LogP contribution in [-0.4, -0.2) is 26.0 Å². The van der Waals surface area contributed by atoms with Crippen LogP contribution in [0.3, 0.4) is 0 Å². The number of carbonyl (C=O) groups is 1. The lowest BCUT2D eigenvalue weighted by Gasteiger charge is -2.07. The summed E-state index contributed by atoms with van der Waals surface area (Å²) in [5.41, 5.74) is 1.71. The summed E-state index contributed by atoms with van der Waals surface area (Å²) >= 11 is 1.30. The van der Waals surface area contributed by atoms with Gasteiger partial charge in [0.15, 0.2) is 5.00 Å². The summed E-state index contributed by atoms with van der Waals surface area (Å²) in [6.07, 6.45) is 3.79. The van der Waals surface area contributed by atoms with Gasteiger partial charge in [-0.3, -0.25) is 10.3 Å². The summed E-state index contributed by atoms with van der Waals surface area (Å²) < 4.78 is 5.26. The Kier molecular flexibility index (Phi) is 5.00. The van der Waals surface area contributed by atoms with E-state index < -0.39 is 6.09 Å². The number of nitrogens with zero attached hydrogens (tertiary/aromatic N) is 5. The summed E-state index contributed by atoms with van der Waals surface area (Å²) in [7, 11) is 0. The molecule has 0 saturated carbocycles. The molecule has 0 radical (unpaired) electrons. The maximum absolute atomic E-state index is 12.1. The minimum atomic E-state index is -0.757. The Labute approximate surface area is 152 Å². The van der Waals surface area contributed by atoms with E-state index in [4.69, 9.17) is 10.00 Å². The molecule has 0 saturated heterocycles. The summed E-state index contributed by atoms with van der Waals surface area (Å²) in [5, 5.41) is 15.7. The number of hydrogen-bond acceptors (Lipinski definition) is 9. The molecule has 2 N–H and O–H groups in total. The van der Waals surface area contributed by atoms with Gasteiger partial charge in [0.25, 0.3) is 5.88 Å². The third kappa shape index (κ3) is 4.28. The molecule has 10 heteroatoms. The SMILES string of the molecule is Cc1ccnc(NC(=O)Oc2nc(C)sc2Nc2cncc(C#N)c2)n1. The number of nitrogens with one attached hydrogen (secondary N) is 2. The quantitative estimate of drug-likeness (QED) is 0.720. The molecule has 1 amide bonds. The van der Waals surface area contributed by atoms with Crippen LogP contribution in [0.4, 0.5) is 21.4 Å². The fourth-order valence-corrected chi connectivity index (χ4v) is 2.74. The number of amides is 1. The number of aryl methyl sites for hydroxylation is 2. The van der Waals surface area contributed by atoms with Crippen molar-refractivity contribution in [2.75, 3.05) is 10.6 Å². The molecule has 0 atom stereocenters. The second kappa shape index (κ2) is 7.54. The van der Waals surface area contributed by atoms with Crippen molar-refractivity contribution in [3.8, 4) is 11.9 Å². The second-order valence-electron chi connectivity index (χ2n) is 5.10. The first-order valence-electron chi connectivity index (χ1n) is 7.41. The molecular weight excluding hydrogens is 354 g/mol. The number of hydrogen-bond donors (Lipinski definition) is 2. The van der Waals surface area contributed by atoms with E-state index in [1.807, 2.05) is 6.07 Å². The molecule has 3 aromatic heterocycles. The highest BCUT2D eigenvalue weighted by molar-refractivity contribution is 7.16. The van der Waals surface area contributed by atoms with Crippen molar-refractivity contribution in [2.45, 2.75) is 13.8 Å². The van der Waals surface area contributed by atoms with Crippen LogP contribution in [0.2, 0.25) is 0 Å². The molecule has 0 bridgehead atoms. The van der Waals surface area contributed by atoms with Crippen molar-refractivity contribution in [1.29, 1.82) is 5.26 Å². The molecule has 3 rings (SSSR count). The van der Waals surface area contributed by atoms with Crippen molar-refractivity contribution in [2.24, 2.45) is 0 Å². The van der Waals surface area contributed by atoms with E-state index in [-0.39, 0.29) is 11.8 Å². The van der Waals surface area contributed by atoms with Crippen LogP contribution in [0.15, 0.2) is 30.7 Å². The molecule has 0 aromatic carbocycles. The highest BCUT2D eigenvalue weighted by atomic mass is 32.1. The Morgan fingerprint density at radius 1 is 1.31 bits per heavy atom. The molecule has 0 aliphatic rings. The third-order valence-electron chi connectivity index (χ3n) is 3.03. The van der Waals surface area contributed by atoms with Gasteiger partial charge in [-0.05, 0) is 26.0 Å². The van der Waals surface area contributed by atoms with Crippen LogP contribution < -0.4 is 15.4 Å². The topological polar surface area (TPSA) is 126 Å². The van der Waals surface area contributed by atoms with E-state index in [0.29, 0.717) is 27.0 Å². The van der Waals surface area contributed by atoms with E-state index in [1.54, 1.807) is 32.2 Å². The van der Waals surface area contributed by atoms with E-state index >= 15 is 0 Å². The number of nitriles is 1. The predicted molar refractivity (Wildman–Crippen MR) is 95.5 cm³/mol. The third-order valence-corrected chi connectivity index (χ3v) is 3.89. The van der Waals surface area contributed by atoms with Gasteiger partial charge in [0, 0.05) is 18.1 Å². The van der Waals surface area contributed by atoms with Crippen molar-refractivity contribution >= 4 is 34.1 Å². The van der Waals surface area contributed by atoms with Crippen LogP contribution in [-0.2, 0) is 0 Å². The molecule has 26 heavy (non-hydrogen) atoms. The van der Waals surface area contributed by atoms with Gasteiger partial charge in [0.2, 0.25) is 5.95 Å². The van der Waals surface area contributed by atoms with Crippen LogP contribution >= 0.6 is 11.3 Å². The summed E-state index contributed by atoms with van der Waals surface area (Å²) in [4.78, 5) is 28.3. The monoisotopic (exact) mass is 367 g/mol. The largest absolute Gasteiger partial charge is 0.420 e. The zero-order valence-electron chi connectivity index (χ0n) is 13.8. The van der Waals surface area contributed by atoms with Crippen LogP contribution in [0.1, 0.15) is 16.3 Å². The van der Waals surface area contributed by atoms with E-state index in [0.717, 1.165) is 0 Å².